The fraction of sp³-hybridized carbons (Fsp3) is 0.312. The highest BCUT2D eigenvalue weighted by molar-refractivity contribution is 6.03. The number of amides is 1. The monoisotopic (exact) mass is 296 g/mol. The minimum Gasteiger partial charge on any atom is -0.451 e. The Labute approximate surface area is 127 Å². The number of hydrogen-bond acceptors (Lipinski definition) is 4. The first-order chi connectivity index (χ1) is 10.8. The van der Waals surface area contributed by atoms with Crippen LogP contribution < -0.4 is 5.32 Å². The van der Waals surface area contributed by atoms with Crippen LogP contribution in [0.25, 0.3) is 11.0 Å². The van der Waals surface area contributed by atoms with Crippen molar-refractivity contribution < 1.29 is 9.21 Å². The summed E-state index contributed by atoms with van der Waals surface area (Å²) in [6, 6.07) is 5.84. The molecule has 1 amide bonds. The van der Waals surface area contributed by atoms with Gasteiger partial charge < -0.3 is 14.3 Å². The molecule has 112 valence electrons. The smallest absolute Gasteiger partial charge is 0.277 e. The van der Waals surface area contributed by atoms with E-state index >= 15 is 0 Å². The van der Waals surface area contributed by atoms with Gasteiger partial charge in [-0.3, -0.25) is 4.79 Å². The highest BCUT2D eigenvalue weighted by Crippen LogP contribution is 2.24. The van der Waals surface area contributed by atoms with Crippen LogP contribution >= 0.6 is 0 Å². The van der Waals surface area contributed by atoms with E-state index in [9.17, 15) is 4.79 Å². The molecular formula is C16H16N4O2. The highest BCUT2D eigenvalue weighted by atomic mass is 16.3. The fourth-order valence-corrected chi connectivity index (χ4v) is 2.95. The Morgan fingerprint density at radius 1 is 1.27 bits per heavy atom. The van der Waals surface area contributed by atoms with Crippen LogP contribution in [0.4, 0.5) is 5.69 Å². The maximum atomic E-state index is 12.0. The van der Waals surface area contributed by atoms with Gasteiger partial charge in [-0.05, 0) is 31.0 Å². The summed E-state index contributed by atoms with van der Waals surface area (Å²) in [6.07, 6.45) is 7.24. The number of hydrogen-bond donors (Lipinski definition) is 1. The molecule has 6 nitrogen and oxygen atoms in total. The standard InChI is InChI=1S/C16H16N4O2/c21-16(13-9-22-10-17-13)18-11-5-6-14-12(8-11)19-15-4-2-1-3-7-20(14)15/h5-6,8-10H,1-4,7H2,(H,18,21). The van der Waals surface area contributed by atoms with Crippen molar-refractivity contribution in [2.24, 2.45) is 0 Å². The summed E-state index contributed by atoms with van der Waals surface area (Å²) in [6.45, 7) is 1.02. The summed E-state index contributed by atoms with van der Waals surface area (Å²) in [5.74, 6) is 0.862. The molecule has 1 aromatic carbocycles. The Kier molecular flexibility index (Phi) is 3.14. The van der Waals surface area contributed by atoms with Crippen LogP contribution in [0, 0.1) is 0 Å². The number of oxazole rings is 1. The number of aromatic nitrogens is 3. The van der Waals surface area contributed by atoms with E-state index in [1.165, 1.54) is 31.9 Å². The zero-order chi connectivity index (χ0) is 14.9. The van der Waals surface area contributed by atoms with Crippen LogP contribution in [0.5, 0.6) is 0 Å². The third-order valence-electron chi connectivity index (χ3n) is 4.03. The molecule has 2 aromatic heterocycles. The second kappa shape index (κ2) is 5.29. The topological polar surface area (TPSA) is 73.0 Å². The van der Waals surface area contributed by atoms with Crippen LogP contribution in [0.15, 0.2) is 35.3 Å². The van der Waals surface area contributed by atoms with E-state index in [1.807, 2.05) is 18.2 Å². The number of carbonyl (C=O) groups is 1. The molecule has 0 atom stereocenters. The van der Waals surface area contributed by atoms with E-state index in [4.69, 9.17) is 9.40 Å². The van der Waals surface area contributed by atoms with E-state index in [-0.39, 0.29) is 11.6 Å². The molecule has 0 saturated carbocycles. The predicted molar refractivity (Wildman–Crippen MR) is 81.7 cm³/mol. The number of carbonyl (C=O) groups excluding carboxylic acids is 1. The lowest BCUT2D eigenvalue weighted by molar-refractivity contribution is 0.102. The van der Waals surface area contributed by atoms with Crippen molar-refractivity contribution in [2.45, 2.75) is 32.2 Å². The lowest BCUT2D eigenvalue weighted by Gasteiger charge is -2.05. The molecule has 1 N–H and O–H groups in total. The second-order valence-corrected chi connectivity index (χ2v) is 5.52. The zero-order valence-corrected chi connectivity index (χ0v) is 12.1. The molecule has 3 heterocycles. The van der Waals surface area contributed by atoms with Gasteiger partial charge in [0.15, 0.2) is 12.1 Å². The third-order valence-corrected chi connectivity index (χ3v) is 4.03. The minimum atomic E-state index is -0.283. The first kappa shape index (κ1) is 13.1. The van der Waals surface area contributed by atoms with Gasteiger partial charge in [0.05, 0.1) is 11.0 Å². The molecule has 4 rings (SSSR count). The van der Waals surface area contributed by atoms with E-state index in [2.05, 4.69) is 14.9 Å². The van der Waals surface area contributed by atoms with Crippen molar-refractivity contribution >= 4 is 22.6 Å². The van der Waals surface area contributed by atoms with Gasteiger partial charge >= 0.3 is 0 Å². The maximum Gasteiger partial charge on any atom is 0.277 e. The zero-order valence-electron chi connectivity index (χ0n) is 12.1. The van der Waals surface area contributed by atoms with Crippen molar-refractivity contribution in [3.8, 4) is 0 Å². The number of rotatable bonds is 2. The van der Waals surface area contributed by atoms with E-state index in [1.54, 1.807) is 0 Å². The van der Waals surface area contributed by atoms with Crippen molar-refractivity contribution in [2.75, 3.05) is 5.32 Å². The van der Waals surface area contributed by atoms with E-state index < -0.39 is 0 Å². The van der Waals surface area contributed by atoms with Crippen LogP contribution in [-0.2, 0) is 13.0 Å². The van der Waals surface area contributed by atoms with Crippen molar-refractivity contribution in [1.82, 2.24) is 14.5 Å². The number of nitrogens with one attached hydrogen (secondary N) is 1. The molecule has 0 saturated heterocycles. The number of nitrogens with zero attached hydrogens (tertiary/aromatic N) is 3. The first-order valence-corrected chi connectivity index (χ1v) is 7.50. The Morgan fingerprint density at radius 2 is 2.23 bits per heavy atom. The summed E-state index contributed by atoms with van der Waals surface area (Å²) in [4.78, 5) is 20.6. The Balaban J connectivity index is 1.65. The van der Waals surface area contributed by atoms with Gasteiger partial charge in [-0.25, -0.2) is 9.97 Å². The average Bonchev–Trinajstić information content (AvgIpc) is 3.10. The van der Waals surface area contributed by atoms with Gasteiger partial charge in [-0.1, -0.05) is 6.42 Å². The lowest BCUT2D eigenvalue weighted by atomic mass is 10.2. The maximum absolute atomic E-state index is 12.0. The molecule has 0 fully saturated rings. The molecule has 1 aliphatic heterocycles. The number of anilines is 1. The lowest BCUT2D eigenvalue weighted by Crippen LogP contribution is -2.12. The van der Waals surface area contributed by atoms with Gasteiger partial charge in [0.25, 0.3) is 5.91 Å². The van der Waals surface area contributed by atoms with Gasteiger partial charge in [0.1, 0.15) is 12.1 Å². The van der Waals surface area contributed by atoms with Crippen LogP contribution in [-0.4, -0.2) is 20.4 Å². The minimum absolute atomic E-state index is 0.265. The molecule has 0 bridgehead atoms. The first-order valence-electron chi connectivity index (χ1n) is 7.50. The molecule has 3 aromatic rings. The molecule has 0 radical (unpaired) electrons. The number of imidazole rings is 1. The van der Waals surface area contributed by atoms with E-state index in [0.29, 0.717) is 5.69 Å². The van der Waals surface area contributed by atoms with Gasteiger partial charge in [-0.2, -0.15) is 0 Å². The van der Waals surface area contributed by atoms with Gasteiger partial charge in [0, 0.05) is 18.7 Å². The summed E-state index contributed by atoms with van der Waals surface area (Å²) in [7, 11) is 0. The van der Waals surface area contributed by atoms with Crippen molar-refractivity contribution in [1.29, 1.82) is 0 Å². The number of aryl methyl sites for hydroxylation is 2. The number of fused-ring (bicyclic) bond motifs is 3. The molecular weight excluding hydrogens is 280 g/mol. The SMILES string of the molecule is O=C(Nc1ccc2c(c1)nc1n2CCCCC1)c1cocn1. The summed E-state index contributed by atoms with van der Waals surface area (Å²) >= 11 is 0. The Morgan fingerprint density at radius 3 is 3.09 bits per heavy atom. The summed E-state index contributed by atoms with van der Waals surface area (Å²) in [5.41, 5.74) is 3.04. The molecule has 0 unspecified atom stereocenters. The summed E-state index contributed by atoms with van der Waals surface area (Å²) < 4.78 is 7.12. The normalized spacial score (nSPS) is 14.5. The van der Waals surface area contributed by atoms with Crippen molar-refractivity contribution in [3.63, 3.8) is 0 Å². The molecule has 1 aliphatic rings. The van der Waals surface area contributed by atoms with Crippen molar-refractivity contribution in [3.05, 3.63) is 42.4 Å². The van der Waals surface area contributed by atoms with E-state index in [0.717, 1.165) is 29.8 Å². The molecule has 6 heteroatoms. The molecule has 0 spiro atoms. The molecule has 22 heavy (non-hydrogen) atoms. The predicted octanol–water partition coefficient (Wildman–Crippen LogP) is 3.00. The average molecular weight is 296 g/mol. The summed E-state index contributed by atoms with van der Waals surface area (Å²) in [5, 5.41) is 2.82. The van der Waals surface area contributed by atoms with Gasteiger partial charge in [-0.15, -0.1) is 0 Å². The molecule has 0 aliphatic carbocycles. The quantitative estimate of drug-likeness (QED) is 0.789. The van der Waals surface area contributed by atoms with Crippen LogP contribution in [0.3, 0.4) is 0 Å². The van der Waals surface area contributed by atoms with Crippen LogP contribution in [0.2, 0.25) is 0 Å². The highest BCUT2D eigenvalue weighted by Gasteiger charge is 2.15. The Bertz CT molecular complexity index is 820. The van der Waals surface area contributed by atoms with Crippen LogP contribution in [0.1, 0.15) is 35.6 Å². The Hall–Kier alpha value is -2.63. The largest absolute Gasteiger partial charge is 0.451 e. The third kappa shape index (κ3) is 2.26. The number of benzene rings is 1. The van der Waals surface area contributed by atoms with Gasteiger partial charge in [0.2, 0.25) is 0 Å². The second-order valence-electron chi connectivity index (χ2n) is 5.52. The fourth-order valence-electron chi connectivity index (χ4n) is 2.95.